The van der Waals surface area contributed by atoms with Crippen molar-refractivity contribution in [1.29, 1.82) is 5.26 Å². The molecule has 0 aliphatic carbocycles. The molecule has 5 heteroatoms. The molecule has 0 aliphatic heterocycles. The topological polar surface area (TPSA) is 61.6 Å². The molecule has 1 aromatic carbocycles. The zero-order valence-corrected chi connectivity index (χ0v) is 9.11. The highest BCUT2D eigenvalue weighted by Gasteiger charge is 2.09. The third kappa shape index (κ3) is 2.06. The van der Waals surface area contributed by atoms with Crippen LogP contribution in [0.4, 0.5) is 10.2 Å². The Kier molecular flexibility index (Phi) is 2.97. The lowest BCUT2D eigenvalue weighted by Gasteiger charge is -2.06. The Bertz CT molecular complexity index is 589. The van der Waals surface area contributed by atoms with E-state index in [-0.39, 0.29) is 5.56 Å². The summed E-state index contributed by atoms with van der Waals surface area (Å²) in [6, 6.07) is 6.08. The van der Waals surface area contributed by atoms with Gasteiger partial charge in [0, 0.05) is 25.0 Å². The average molecular weight is 228 g/mol. The summed E-state index contributed by atoms with van der Waals surface area (Å²) in [7, 11) is 1.72. The minimum atomic E-state index is -0.536. The van der Waals surface area contributed by atoms with Crippen molar-refractivity contribution in [3.05, 3.63) is 42.0 Å². The molecule has 0 fully saturated rings. The Morgan fingerprint density at radius 1 is 1.29 bits per heavy atom. The summed E-state index contributed by atoms with van der Waals surface area (Å²) < 4.78 is 13.2. The average Bonchev–Trinajstić information content (AvgIpc) is 2.39. The van der Waals surface area contributed by atoms with Gasteiger partial charge in [0.25, 0.3) is 0 Å². The third-order valence-electron chi connectivity index (χ3n) is 2.30. The second-order valence-corrected chi connectivity index (χ2v) is 3.31. The Morgan fingerprint density at radius 3 is 2.76 bits per heavy atom. The minimum absolute atomic E-state index is 0.00444. The van der Waals surface area contributed by atoms with E-state index in [0.717, 1.165) is 0 Å². The highest BCUT2D eigenvalue weighted by Crippen LogP contribution is 2.24. The van der Waals surface area contributed by atoms with E-state index >= 15 is 0 Å². The van der Waals surface area contributed by atoms with Crippen LogP contribution in [0, 0.1) is 17.1 Å². The first-order valence-corrected chi connectivity index (χ1v) is 4.95. The molecule has 1 aromatic heterocycles. The molecular formula is C12H9FN4. The van der Waals surface area contributed by atoms with E-state index < -0.39 is 5.82 Å². The molecule has 1 heterocycles. The van der Waals surface area contributed by atoms with Crippen molar-refractivity contribution in [3.8, 4) is 17.3 Å². The largest absolute Gasteiger partial charge is 0.371 e. The van der Waals surface area contributed by atoms with Crippen LogP contribution < -0.4 is 5.32 Å². The number of nitriles is 1. The zero-order chi connectivity index (χ0) is 12.3. The van der Waals surface area contributed by atoms with Gasteiger partial charge in [-0.05, 0) is 18.2 Å². The maximum atomic E-state index is 13.2. The van der Waals surface area contributed by atoms with Crippen LogP contribution in [0.2, 0.25) is 0 Å². The van der Waals surface area contributed by atoms with Gasteiger partial charge in [0.15, 0.2) is 5.82 Å². The Hall–Kier alpha value is -2.48. The quantitative estimate of drug-likeness (QED) is 0.855. The molecule has 0 saturated heterocycles. The summed E-state index contributed by atoms with van der Waals surface area (Å²) in [5.74, 6) is 0.0501. The lowest BCUT2D eigenvalue weighted by Crippen LogP contribution is -1.98. The van der Waals surface area contributed by atoms with Crippen molar-refractivity contribution in [2.75, 3.05) is 12.4 Å². The van der Waals surface area contributed by atoms with E-state index in [9.17, 15) is 4.39 Å². The van der Waals surface area contributed by atoms with E-state index in [2.05, 4.69) is 15.3 Å². The number of rotatable bonds is 2. The standard InChI is InChI=1S/C12H9FN4/c1-15-12-11(16-4-5-17-12)8-2-3-10(13)9(6-8)7-14/h2-6H,1H3,(H,15,17). The van der Waals surface area contributed by atoms with E-state index in [1.807, 2.05) is 0 Å². The molecule has 2 rings (SSSR count). The first-order chi connectivity index (χ1) is 8.26. The van der Waals surface area contributed by atoms with Crippen molar-refractivity contribution in [3.63, 3.8) is 0 Å². The van der Waals surface area contributed by atoms with E-state index in [4.69, 9.17) is 5.26 Å². The van der Waals surface area contributed by atoms with Crippen molar-refractivity contribution < 1.29 is 4.39 Å². The predicted octanol–water partition coefficient (Wildman–Crippen LogP) is 2.20. The molecule has 0 bridgehead atoms. The number of hydrogen-bond donors (Lipinski definition) is 1. The minimum Gasteiger partial charge on any atom is -0.371 e. The SMILES string of the molecule is CNc1nccnc1-c1ccc(F)c(C#N)c1. The van der Waals surface area contributed by atoms with Crippen LogP contribution in [0.15, 0.2) is 30.6 Å². The number of hydrogen-bond acceptors (Lipinski definition) is 4. The Balaban J connectivity index is 2.58. The van der Waals surface area contributed by atoms with Crippen LogP contribution in [-0.2, 0) is 0 Å². The van der Waals surface area contributed by atoms with E-state index in [1.165, 1.54) is 12.1 Å². The van der Waals surface area contributed by atoms with Crippen molar-refractivity contribution in [2.45, 2.75) is 0 Å². The molecule has 0 spiro atoms. The van der Waals surface area contributed by atoms with Crippen LogP contribution >= 0.6 is 0 Å². The normalized spacial score (nSPS) is 9.71. The van der Waals surface area contributed by atoms with Crippen molar-refractivity contribution in [1.82, 2.24) is 9.97 Å². The van der Waals surface area contributed by atoms with Gasteiger partial charge in [0.05, 0.1) is 5.56 Å². The second-order valence-electron chi connectivity index (χ2n) is 3.31. The fourth-order valence-corrected chi connectivity index (χ4v) is 1.49. The molecule has 0 atom stereocenters. The summed E-state index contributed by atoms with van der Waals surface area (Å²) in [6.07, 6.45) is 3.11. The molecule has 0 unspecified atom stereocenters. The zero-order valence-electron chi connectivity index (χ0n) is 9.11. The first-order valence-electron chi connectivity index (χ1n) is 4.95. The smallest absolute Gasteiger partial charge is 0.152 e. The van der Waals surface area contributed by atoms with Gasteiger partial charge in [0.1, 0.15) is 17.6 Å². The van der Waals surface area contributed by atoms with Gasteiger partial charge >= 0.3 is 0 Å². The van der Waals surface area contributed by atoms with E-state index in [1.54, 1.807) is 31.6 Å². The van der Waals surface area contributed by atoms with Crippen LogP contribution in [0.25, 0.3) is 11.3 Å². The van der Waals surface area contributed by atoms with Gasteiger partial charge in [-0.25, -0.2) is 9.37 Å². The summed E-state index contributed by atoms with van der Waals surface area (Å²) in [5, 5.41) is 11.7. The molecule has 84 valence electrons. The van der Waals surface area contributed by atoms with Gasteiger partial charge in [-0.3, -0.25) is 4.98 Å². The van der Waals surface area contributed by atoms with Crippen LogP contribution in [0.1, 0.15) is 5.56 Å². The van der Waals surface area contributed by atoms with Crippen LogP contribution in [0.5, 0.6) is 0 Å². The molecule has 0 saturated carbocycles. The summed E-state index contributed by atoms with van der Waals surface area (Å²) in [5.41, 5.74) is 1.24. The van der Waals surface area contributed by atoms with Gasteiger partial charge < -0.3 is 5.32 Å². The molecule has 4 nitrogen and oxygen atoms in total. The fourth-order valence-electron chi connectivity index (χ4n) is 1.49. The molecule has 0 aliphatic rings. The lowest BCUT2D eigenvalue weighted by atomic mass is 10.1. The maximum absolute atomic E-state index is 13.2. The summed E-state index contributed by atoms with van der Waals surface area (Å²) in [4.78, 5) is 8.27. The van der Waals surface area contributed by atoms with Gasteiger partial charge in [-0.15, -0.1) is 0 Å². The van der Waals surface area contributed by atoms with Gasteiger partial charge in [0.2, 0.25) is 0 Å². The molecule has 2 aromatic rings. The second kappa shape index (κ2) is 4.58. The monoisotopic (exact) mass is 228 g/mol. The number of nitrogens with one attached hydrogen (secondary N) is 1. The number of nitrogens with zero attached hydrogens (tertiary/aromatic N) is 3. The predicted molar refractivity (Wildman–Crippen MR) is 61.7 cm³/mol. The highest BCUT2D eigenvalue weighted by atomic mass is 19.1. The molecular weight excluding hydrogens is 219 g/mol. The third-order valence-corrected chi connectivity index (χ3v) is 2.30. The molecule has 0 amide bonds. The summed E-state index contributed by atoms with van der Waals surface area (Å²) >= 11 is 0. The van der Waals surface area contributed by atoms with E-state index in [0.29, 0.717) is 17.1 Å². The van der Waals surface area contributed by atoms with Crippen molar-refractivity contribution in [2.24, 2.45) is 0 Å². The Morgan fingerprint density at radius 2 is 2.06 bits per heavy atom. The number of benzene rings is 1. The summed E-state index contributed by atoms with van der Waals surface area (Å²) in [6.45, 7) is 0. The Labute approximate surface area is 97.8 Å². The number of anilines is 1. The van der Waals surface area contributed by atoms with Gasteiger partial charge in [-0.2, -0.15) is 5.26 Å². The van der Waals surface area contributed by atoms with Gasteiger partial charge in [-0.1, -0.05) is 0 Å². The first kappa shape index (κ1) is 11.0. The maximum Gasteiger partial charge on any atom is 0.152 e. The molecule has 0 radical (unpaired) electrons. The van der Waals surface area contributed by atoms with Crippen LogP contribution in [0.3, 0.4) is 0 Å². The highest BCUT2D eigenvalue weighted by molar-refractivity contribution is 5.71. The molecule has 17 heavy (non-hydrogen) atoms. The van der Waals surface area contributed by atoms with Crippen molar-refractivity contribution >= 4 is 5.82 Å². The van der Waals surface area contributed by atoms with Crippen LogP contribution in [-0.4, -0.2) is 17.0 Å². The number of halogens is 1. The molecule has 1 N–H and O–H groups in total. The fraction of sp³-hybridized carbons (Fsp3) is 0.0833. The lowest BCUT2D eigenvalue weighted by molar-refractivity contribution is 0.624. The number of aromatic nitrogens is 2.